The van der Waals surface area contributed by atoms with Gasteiger partial charge < -0.3 is 15.4 Å². The number of aryl methyl sites for hydroxylation is 1. The van der Waals surface area contributed by atoms with Crippen LogP contribution < -0.4 is 10.6 Å². The number of ether oxygens (including phenoxy) is 1. The molecule has 2 rings (SSSR count). The first-order chi connectivity index (χ1) is 11.3. The molecule has 0 atom stereocenters. The largest absolute Gasteiger partial charge is 0.381 e. The maximum Gasteiger partial charge on any atom is 0.191 e. The third-order valence-electron chi connectivity index (χ3n) is 4.12. The second-order valence-corrected chi connectivity index (χ2v) is 7.02. The monoisotopic (exact) mass is 467 g/mol. The van der Waals surface area contributed by atoms with E-state index in [1.54, 1.807) is 0 Å². The Labute approximate surface area is 166 Å². The van der Waals surface area contributed by atoms with Crippen molar-refractivity contribution in [3.63, 3.8) is 0 Å². The Morgan fingerprint density at radius 2 is 2.17 bits per heavy atom. The molecule has 0 unspecified atom stereocenters. The topological polar surface area (TPSA) is 63.5 Å². The highest BCUT2D eigenvalue weighted by Gasteiger charge is 2.31. The van der Waals surface area contributed by atoms with E-state index in [0.717, 1.165) is 64.6 Å². The van der Waals surface area contributed by atoms with E-state index in [1.807, 2.05) is 34.9 Å². The van der Waals surface area contributed by atoms with Gasteiger partial charge in [0, 0.05) is 50.0 Å². The average molecular weight is 467 g/mol. The third-order valence-corrected chi connectivity index (χ3v) is 5.53. The fraction of sp³-hybridized carbons (Fsp3) is 0.750. The Morgan fingerprint density at radius 3 is 2.79 bits per heavy atom. The van der Waals surface area contributed by atoms with Crippen molar-refractivity contribution in [3.8, 4) is 0 Å². The summed E-state index contributed by atoms with van der Waals surface area (Å²) in [6, 6.07) is 1.95. The highest BCUT2D eigenvalue weighted by molar-refractivity contribution is 14.0. The fourth-order valence-electron chi connectivity index (χ4n) is 2.62. The average Bonchev–Trinajstić information content (AvgIpc) is 3.10. The number of aromatic nitrogens is 2. The van der Waals surface area contributed by atoms with E-state index in [2.05, 4.69) is 28.9 Å². The number of nitrogens with one attached hydrogen (secondary N) is 2. The van der Waals surface area contributed by atoms with Crippen molar-refractivity contribution in [2.24, 2.45) is 4.99 Å². The van der Waals surface area contributed by atoms with Crippen molar-refractivity contribution >= 4 is 41.7 Å². The molecule has 0 saturated carbocycles. The third kappa shape index (κ3) is 7.18. The van der Waals surface area contributed by atoms with Crippen LogP contribution in [0.2, 0.25) is 0 Å². The molecule has 0 radical (unpaired) electrons. The molecule has 0 amide bonds. The van der Waals surface area contributed by atoms with Crippen LogP contribution in [0.25, 0.3) is 0 Å². The molecule has 0 aliphatic carbocycles. The molecule has 138 valence electrons. The lowest BCUT2D eigenvalue weighted by molar-refractivity contribution is 0.0794. The van der Waals surface area contributed by atoms with Gasteiger partial charge in [0.2, 0.25) is 0 Å². The van der Waals surface area contributed by atoms with Crippen LogP contribution in [0.1, 0.15) is 26.2 Å². The number of aliphatic imine (C=N–C) groups is 1. The molecule has 2 N–H and O–H groups in total. The Bertz CT molecular complexity index is 463. The lowest BCUT2D eigenvalue weighted by atomic mass is 9.99. The van der Waals surface area contributed by atoms with Crippen molar-refractivity contribution in [2.75, 3.05) is 39.1 Å². The van der Waals surface area contributed by atoms with Gasteiger partial charge >= 0.3 is 0 Å². The summed E-state index contributed by atoms with van der Waals surface area (Å²) >= 11 is 1.93. The van der Waals surface area contributed by atoms with E-state index < -0.39 is 0 Å². The molecule has 1 fully saturated rings. The Hall–Kier alpha value is -0.480. The van der Waals surface area contributed by atoms with Gasteiger partial charge in [-0.2, -0.15) is 16.9 Å². The molecule has 8 heteroatoms. The van der Waals surface area contributed by atoms with Crippen molar-refractivity contribution in [1.29, 1.82) is 0 Å². The van der Waals surface area contributed by atoms with Gasteiger partial charge in [-0.3, -0.25) is 9.67 Å². The van der Waals surface area contributed by atoms with Crippen molar-refractivity contribution in [1.82, 2.24) is 20.4 Å². The van der Waals surface area contributed by atoms with Gasteiger partial charge in [0.25, 0.3) is 0 Å². The molecule has 24 heavy (non-hydrogen) atoms. The molecule has 1 aromatic heterocycles. The van der Waals surface area contributed by atoms with E-state index in [0.29, 0.717) is 0 Å². The van der Waals surface area contributed by atoms with Crippen LogP contribution in [0.3, 0.4) is 0 Å². The van der Waals surface area contributed by atoms with Crippen LogP contribution in [0.4, 0.5) is 0 Å². The SMILES string of the molecule is CCNC(=NCC1(SC)CCOCC1)NCCCn1cccn1.I. The van der Waals surface area contributed by atoms with E-state index in [4.69, 9.17) is 9.73 Å². The maximum atomic E-state index is 5.49. The van der Waals surface area contributed by atoms with Crippen LogP contribution in [-0.4, -0.2) is 59.6 Å². The molecular formula is C16H30IN5OS. The standard InChI is InChI=1S/C16H29N5OS.HI/c1-3-17-15(18-8-4-10-21-11-5-9-20-21)19-14-16(23-2)6-12-22-13-7-16;/h5,9,11H,3-4,6-8,10,12-14H2,1-2H3,(H2,17,18,19);1H. The molecule has 0 aromatic carbocycles. The molecule has 0 spiro atoms. The zero-order chi connectivity index (χ0) is 16.4. The summed E-state index contributed by atoms with van der Waals surface area (Å²) in [5.74, 6) is 0.910. The van der Waals surface area contributed by atoms with Crippen molar-refractivity contribution < 1.29 is 4.74 Å². The molecular weight excluding hydrogens is 437 g/mol. The summed E-state index contributed by atoms with van der Waals surface area (Å²) in [4.78, 5) is 4.81. The smallest absolute Gasteiger partial charge is 0.191 e. The highest BCUT2D eigenvalue weighted by Crippen LogP contribution is 2.33. The minimum Gasteiger partial charge on any atom is -0.381 e. The quantitative estimate of drug-likeness (QED) is 0.266. The number of thioether (sulfide) groups is 1. The second kappa shape index (κ2) is 12.0. The van der Waals surface area contributed by atoms with Gasteiger partial charge in [-0.25, -0.2) is 0 Å². The number of halogens is 1. The summed E-state index contributed by atoms with van der Waals surface area (Å²) in [5.41, 5.74) is 0. The van der Waals surface area contributed by atoms with Gasteiger partial charge in [-0.15, -0.1) is 24.0 Å². The van der Waals surface area contributed by atoms with Gasteiger partial charge in [0.05, 0.1) is 6.54 Å². The summed E-state index contributed by atoms with van der Waals surface area (Å²) < 4.78 is 7.68. The van der Waals surface area contributed by atoms with E-state index in [-0.39, 0.29) is 28.7 Å². The first-order valence-electron chi connectivity index (χ1n) is 8.40. The van der Waals surface area contributed by atoms with E-state index in [1.165, 1.54) is 0 Å². The van der Waals surface area contributed by atoms with Gasteiger partial charge in [-0.05, 0) is 38.5 Å². The maximum absolute atomic E-state index is 5.49. The second-order valence-electron chi connectivity index (χ2n) is 5.74. The molecule has 0 bridgehead atoms. The lowest BCUT2D eigenvalue weighted by Crippen LogP contribution is -2.41. The Morgan fingerprint density at radius 1 is 1.38 bits per heavy atom. The van der Waals surface area contributed by atoms with Crippen LogP contribution in [0, 0.1) is 0 Å². The fourth-order valence-corrected chi connectivity index (χ4v) is 3.38. The number of guanidine groups is 1. The van der Waals surface area contributed by atoms with Crippen molar-refractivity contribution in [3.05, 3.63) is 18.5 Å². The minimum absolute atomic E-state index is 0. The molecule has 1 aliphatic heterocycles. The number of rotatable bonds is 8. The Kier molecular flexibility index (Phi) is 10.8. The van der Waals surface area contributed by atoms with Crippen LogP contribution >= 0.6 is 35.7 Å². The molecule has 6 nitrogen and oxygen atoms in total. The first-order valence-corrected chi connectivity index (χ1v) is 9.63. The lowest BCUT2D eigenvalue weighted by Gasteiger charge is -2.34. The molecule has 1 aliphatic rings. The van der Waals surface area contributed by atoms with Gasteiger partial charge in [-0.1, -0.05) is 0 Å². The minimum atomic E-state index is 0. The molecule has 1 aromatic rings. The Balaban J connectivity index is 0.00000288. The number of hydrogen-bond acceptors (Lipinski definition) is 4. The van der Waals surface area contributed by atoms with E-state index >= 15 is 0 Å². The first kappa shape index (κ1) is 21.6. The highest BCUT2D eigenvalue weighted by atomic mass is 127. The van der Waals surface area contributed by atoms with Gasteiger partial charge in [0.15, 0.2) is 5.96 Å². The summed E-state index contributed by atoms with van der Waals surface area (Å²) in [7, 11) is 0. The molecule has 1 saturated heterocycles. The predicted octanol–water partition coefficient (Wildman–Crippen LogP) is 2.36. The zero-order valence-corrected chi connectivity index (χ0v) is 17.8. The van der Waals surface area contributed by atoms with Gasteiger partial charge in [0.1, 0.15) is 0 Å². The van der Waals surface area contributed by atoms with Crippen LogP contribution in [0.15, 0.2) is 23.5 Å². The van der Waals surface area contributed by atoms with Crippen molar-refractivity contribution in [2.45, 2.75) is 37.5 Å². The zero-order valence-electron chi connectivity index (χ0n) is 14.7. The summed E-state index contributed by atoms with van der Waals surface area (Å²) in [6.45, 7) is 7.33. The molecule has 2 heterocycles. The predicted molar refractivity (Wildman–Crippen MR) is 113 cm³/mol. The van der Waals surface area contributed by atoms with Crippen LogP contribution in [0.5, 0.6) is 0 Å². The summed E-state index contributed by atoms with van der Waals surface area (Å²) in [5, 5.41) is 11.0. The van der Waals surface area contributed by atoms with E-state index in [9.17, 15) is 0 Å². The number of nitrogens with zero attached hydrogens (tertiary/aromatic N) is 3. The normalized spacial score (nSPS) is 17.2. The van der Waals surface area contributed by atoms with Crippen LogP contribution in [-0.2, 0) is 11.3 Å². The number of hydrogen-bond donors (Lipinski definition) is 2. The summed E-state index contributed by atoms with van der Waals surface area (Å²) in [6.07, 6.45) is 9.17.